The zero-order valence-corrected chi connectivity index (χ0v) is 21.7. The van der Waals surface area contributed by atoms with Crippen molar-refractivity contribution in [2.24, 2.45) is 0 Å². The van der Waals surface area contributed by atoms with E-state index in [0.29, 0.717) is 38.6 Å². The molecular formula is C35H22O6. The summed E-state index contributed by atoms with van der Waals surface area (Å²) in [5, 5.41) is 2.36. The third-order valence-electron chi connectivity index (χ3n) is 6.53. The first-order valence-corrected chi connectivity index (χ1v) is 12.9. The highest BCUT2D eigenvalue weighted by molar-refractivity contribution is 6.11. The largest absolute Gasteiger partial charge is 0.422 e. The molecule has 0 unspecified atom stereocenters. The second kappa shape index (κ2) is 11.2. The average molecular weight is 539 g/mol. The molecule has 6 aromatic rings. The van der Waals surface area contributed by atoms with E-state index in [1.807, 2.05) is 36.4 Å². The number of hydrogen-bond donors (Lipinski definition) is 0. The van der Waals surface area contributed by atoms with Crippen LogP contribution in [0.2, 0.25) is 0 Å². The second-order valence-corrected chi connectivity index (χ2v) is 9.18. The Labute approximate surface area is 235 Å². The number of fused-ring (bicyclic) bond motifs is 2. The van der Waals surface area contributed by atoms with Gasteiger partial charge in [-0.15, -0.1) is 0 Å². The molecule has 0 bridgehead atoms. The minimum Gasteiger partial charge on any atom is -0.422 e. The Morgan fingerprint density at radius 3 is 1.41 bits per heavy atom. The van der Waals surface area contributed by atoms with Gasteiger partial charge in [-0.05, 0) is 60.0 Å². The monoisotopic (exact) mass is 538 g/mol. The molecule has 0 N–H and O–H groups in total. The minimum absolute atomic E-state index is 0.0309. The fourth-order valence-corrected chi connectivity index (χ4v) is 4.53. The maximum absolute atomic E-state index is 13.2. The first kappa shape index (κ1) is 25.5. The predicted molar refractivity (Wildman–Crippen MR) is 156 cm³/mol. The number of carbonyl (C=O) groups excluding carboxylic acids is 3. The van der Waals surface area contributed by atoms with Crippen molar-refractivity contribution in [3.05, 3.63) is 150 Å². The molecule has 0 saturated heterocycles. The molecular weight excluding hydrogens is 516 g/mol. The zero-order valence-electron chi connectivity index (χ0n) is 21.7. The van der Waals surface area contributed by atoms with E-state index in [-0.39, 0.29) is 11.5 Å². The van der Waals surface area contributed by atoms with E-state index >= 15 is 0 Å². The number of hydrogen-bond acceptors (Lipinski definition) is 6. The first-order valence-electron chi connectivity index (χ1n) is 12.9. The van der Waals surface area contributed by atoms with Gasteiger partial charge in [0.15, 0.2) is 11.5 Å². The molecule has 0 aliphatic carbocycles. The van der Waals surface area contributed by atoms with E-state index in [1.165, 1.54) is 6.07 Å². The second-order valence-electron chi connectivity index (χ2n) is 9.18. The van der Waals surface area contributed by atoms with Crippen LogP contribution in [0, 0.1) is 0 Å². The molecule has 6 aromatic carbocycles. The number of rotatable bonds is 6. The lowest BCUT2D eigenvalue weighted by Gasteiger charge is -2.17. The zero-order chi connectivity index (χ0) is 28.2. The number of esters is 3. The van der Waals surface area contributed by atoms with Crippen molar-refractivity contribution in [1.82, 2.24) is 0 Å². The Balaban J connectivity index is 1.52. The molecule has 0 aliphatic rings. The van der Waals surface area contributed by atoms with Crippen molar-refractivity contribution in [3.63, 3.8) is 0 Å². The molecule has 0 aliphatic heterocycles. The summed E-state index contributed by atoms with van der Waals surface area (Å²) in [5.74, 6) is -1.41. The molecule has 0 saturated carbocycles. The van der Waals surface area contributed by atoms with Crippen LogP contribution < -0.4 is 14.2 Å². The van der Waals surface area contributed by atoms with Gasteiger partial charge in [0.05, 0.1) is 16.7 Å². The third kappa shape index (κ3) is 5.27. The lowest BCUT2D eigenvalue weighted by Crippen LogP contribution is -2.13. The molecule has 6 nitrogen and oxygen atoms in total. The van der Waals surface area contributed by atoms with Crippen LogP contribution in [0.3, 0.4) is 0 Å². The maximum atomic E-state index is 13.2. The van der Waals surface area contributed by atoms with Gasteiger partial charge in [0.25, 0.3) is 0 Å². The van der Waals surface area contributed by atoms with Gasteiger partial charge in [-0.2, -0.15) is 0 Å². The Morgan fingerprint density at radius 2 is 0.854 bits per heavy atom. The molecule has 0 aromatic heterocycles. The Bertz CT molecular complexity index is 1900. The molecule has 6 heteroatoms. The molecule has 6 rings (SSSR count). The van der Waals surface area contributed by atoms with Crippen LogP contribution in [-0.4, -0.2) is 17.9 Å². The molecule has 0 radical (unpaired) electrons. The van der Waals surface area contributed by atoms with Crippen molar-refractivity contribution in [2.75, 3.05) is 0 Å². The third-order valence-corrected chi connectivity index (χ3v) is 6.53. The summed E-state index contributed by atoms with van der Waals surface area (Å²) in [6, 6.07) is 38.1. The van der Waals surface area contributed by atoms with Crippen LogP contribution in [0.5, 0.6) is 17.2 Å². The standard InChI is InChI=1S/C35H22O6/c36-33(23-12-4-1-5-13-23)39-30-21-20-28-29(32(30)41-35(38)25-16-8-3-9-17-25)22-26-18-10-11-19-27(26)31(28)40-34(37)24-14-6-2-7-15-24/h1-22H. The van der Waals surface area contributed by atoms with Crippen LogP contribution in [0.4, 0.5) is 0 Å². The number of carbonyl (C=O) groups is 3. The summed E-state index contributed by atoms with van der Waals surface area (Å²) in [6.07, 6.45) is 0. The van der Waals surface area contributed by atoms with Crippen molar-refractivity contribution in [1.29, 1.82) is 0 Å². The van der Waals surface area contributed by atoms with Gasteiger partial charge in [0.2, 0.25) is 0 Å². The van der Waals surface area contributed by atoms with Gasteiger partial charge in [0.1, 0.15) is 5.75 Å². The van der Waals surface area contributed by atoms with Gasteiger partial charge in [-0.25, -0.2) is 14.4 Å². The van der Waals surface area contributed by atoms with Crippen LogP contribution in [-0.2, 0) is 0 Å². The fourth-order valence-electron chi connectivity index (χ4n) is 4.53. The smallest absolute Gasteiger partial charge is 0.343 e. The van der Waals surface area contributed by atoms with E-state index in [9.17, 15) is 14.4 Å². The Kier molecular flexibility index (Phi) is 6.95. The average Bonchev–Trinajstić information content (AvgIpc) is 3.03. The SMILES string of the molecule is O=C(Oc1ccc2c(OC(=O)c3ccccc3)c3ccccc3cc2c1OC(=O)c1ccccc1)c1ccccc1. The summed E-state index contributed by atoms with van der Waals surface area (Å²) in [6.45, 7) is 0. The van der Waals surface area contributed by atoms with E-state index < -0.39 is 17.9 Å². The van der Waals surface area contributed by atoms with Gasteiger partial charge in [-0.3, -0.25) is 0 Å². The lowest BCUT2D eigenvalue weighted by molar-refractivity contribution is 0.0684. The van der Waals surface area contributed by atoms with E-state index in [4.69, 9.17) is 14.2 Å². The highest BCUT2D eigenvalue weighted by Gasteiger charge is 2.23. The summed E-state index contributed by atoms with van der Waals surface area (Å²) in [4.78, 5) is 39.4. The highest BCUT2D eigenvalue weighted by atomic mass is 16.6. The maximum Gasteiger partial charge on any atom is 0.343 e. The van der Waals surface area contributed by atoms with Crippen LogP contribution in [0.1, 0.15) is 31.1 Å². The summed E-state index contributed by atoms with van der Waals surface area (Å²) >= 11 is 0. The molecule has 0 atom stereocenters. The van der Waals surface area contributed by atoms with Crippen molar-refractivity contribution < 1.29 is 28.6 Å². The van der Waals surface area contributed by atoms with Gasteiger partial charge in [0, 0.05) is 16.2 Å². The van der Waals surface area contributed by atoms with Crippen LogP contribution in [0.25, 0.3) is 21.5 Å². The summed E-state index contributed by atoms with van der Waals surface area (Å²) in [5.41, 5.74) is 1.04. The number of ether oxygens (including phenoxy) is 3. The minimum atomic E-state index is -0.633. The lowest BCUT2D eigenvalue weighted by atomic mass is 10.0. The van der Waals surface area contributed by atoms with E-state index in [1.54, 1.807) is 91.0 Å². The Hall–Kier alpha value is -5.75. The first-order chi connectivity index (χ1) is 20.1. The molecule has 0 heterocycles. The van der Waals surface area contributed by atoms with Gasteiger partial charge < -0.3 is 14.2 Å². The quantitative estimate of drug-likeness (QED) is 0.123. The van der Waals surface area contributed by atoms with Gasteiger partial charge in [-0.1, -0.05) is 78.9 Å². The molecule has 41 heavy (non-hydrogen) atoms. The molecule has 0 amide bonds. The number of benzene rings is 6. The van der Waals surface area contributed by atoms with Crippen LogP contribution >= 0.6 is 0 Å². The molecule has 0 fully saturated rings. The highest BCUT2D eigenvalue weighted by Crippen LogP contribution is 2.44. The normalized spacial score (nSPS) is 10.7. The topological polar surface area (TPSA) is 78.9 Å². The predicted octanol–water partition coefficient (Wildman–Crippen LogP) is 7.65. The fraction of sp³-hybridized carbons (Fsp3) is 0. The van der Waals surface area contributed by atoms with E-state index in [2.05, 4.69) is 0 Å². The molecule has 198 valence electrons. The van der Waals surface area contributed by atoms with Crippen molar-refractivity contribution in [3.8, 4) is 17.2 Å². The van der Waals surface area contributed by atoms with E-state index in [0.717, 1.165) is 5.39 Å². The Morgan fingerprint density at radius 1 is 0.390 bits per heavy atom. The van der Waals surface area contributed by atoms with Gasteiger partial charge >= 0.3 is 17.9 Å². The van der Waals surface area contributed by atoms with Crippen molar-refractivity contribution in [2.45, 2.75) is 0 Å². The van der Waals surface area contributed by atoms with Crippen LogP contribution in [0.15, 0.2) is 133 Å². The summed E-state index contributed by atoms with van der Waals surface area (Å²) in [7, 11) is 0. The molecule has 0 spiro atoms. The summed E-state index contributed by atoms with van der Waals surface area (Å²) < 4.78 is 17.6. The van der Waals surface area contributed by atoms with Crippen molar-refractivity contribution >= 4 is 39.5 Å².